The third kappa shape index (κ3) is 37.8. The summed E-state index contributed by atoms with van der Waals surface area (Å²) >= 11 is 2.67. The SMILES string of the molecule is C#CBr.Cl. The van der Waals surface area contributed by atoms with Gasteiger partial charge in [-0.1, -0.05) is 0 Å². The minimum atomic E-state index is 0. The van der Waals surface area contributed by atoms with Crippen LogP contribution in [-0.4, -0.2) is 0 Å². The molecule has 4 heavy (non-hydrogen) atoms. The molecule has 0 aliphatic rings. The Bertz CT molecular complexity index is 27.5. The van der Waals surface area contributed by atoms with Crippen molar-refractivity contribution < 1.29 is 0 Å². The molecule has 0 saturated heterocycles. The van der Waals surface area contributed by atoms with E-state index in [-0.39, 0.29) is 12.4 Å². The number of hydrogen-bond acceptors (Lipinski definition) is 0. The summed E-state index contributed by atoms with van der Waals surface area (Å²) in [5.74, 6) is 0. The van der Waals surface area contributed by atoms with Gasteiger partial charge >= 0.3 is 0 Å². The summed E-state index contributed by atoms with van der Waals surface area (Å²) in [5.41, 5.74) is 0. The summed E-state index contributed by atoms with van der Waals surface area (Å²) in [6.45, 7) is 0. The molecule has 0 aromatic heterocycles. The first-order chi connectivity index (χ1) is 1.41. The van der Waals surface area contributed by atoms with Gasteiger partial charge in [0, 0.05) is 15.9 Å². The van der Waals surface area contributed by atoms with Crippen LogP contribution in [0.3, 0.4) is 0 Å². The van der Waals surface area contributed by atoms with Crippen LogP contribution in [0.5, 0.6) is 0 Å². The van der Waals surface area contributed by atoms with E-state index in [1.54, 1.807) is 0 Å². The third-order valence-corrected chi connectivity index (χ3v) is 0. The molecule has 0 aromatic rings. The quantitative estimate of drug-likeness (QED) is 0.447. The van der Waals surface area contributed by atoms with Crippen molar-refractivity contribution in [2.75, 3.05) is 0 Å². The Labute approximate surface area is 40.1 Å². The Balaban J connectivity index is 0. The van der Waals surface area contributed by atoms with Gasteiger partial charge in [-0.2, -0.15) is 0 Å². The maximum absolute atomic E-state index is 4.51. The fourth-order valence-electron chi connectivity index (χ4n) is 0. The molecular formula is C2H2BrCl. The number of hydrogen-bond donors (Lipinski definition) is 0. The maximum Gasteiger partial charge on any atom is 0.0103 e. The number of rotatable bonds is 0. The molecule has 0 N–H and O–H groups in total. The lowest BCUT2D eigenvalue weighted by Crippen LogP contribution is -0.923. The maximum atomic E-state index is 4.51. The lowest BCUT2D eigenvalue weighted by Gasteiger charge is -1.18. The van der Waals surface area contributed by atoms with Gasteiger partial charge in [0.25, 0.3) is 0 Å². The Morgan fingerprint density at radius 3 is 1.75 bits per heavy atom. The van der Waals surface area contributed by atoms with Crippen LogP contribution in [0, 0.1) is 11.3 Å². The predicted octanol–water partition coefficient (Wildman–Crippen LogP) is 1.39. The smallest absolute Gasteiger partial charge is 0.0103 e. The summed E-state index contributed by atoms with van der Waals surface area (Å²) in [7, 11) is 0. The molecule has 0 aliphatic heterocycles. The molecule has 0 aromatic carbocycles. The first kappa shape index (κ1) is 8.84. The van der Waals surface area contributed by atoms with Crippen molar-refractivity contribution in [1.82, 2.24) is 0 Å². The largest absolute Gasteiger partial charge is 0.147 e. The van der Waals surface area contributed by atoms with Crippen molar-refractivity contribution >= 4 is 28.3 Å². The predicted molar refractivity (Wildman–Crippen MR) is 25.0 cm³/mol. The van der Waals surface area contributed by atoms with E-state index in [0.29, 0.717) is 0 Å². The molecule has 0 fully saturated rings. The average molecular weight is 141 g/mol. The standard InChI is InChI=1S/C2HBr.ClH/c1-2-3;/h1H;1H. The second-order valence-electron chi connectivity index (χ2n) is 0.109. The highest BCUT2D eigenvalue weighted by Crippen LogP contribution is 1.58. The van der Waals surface area contributed by atoms with Gasteiger partial charge < -0.3 is 0 Å². The van der Waals surface area contributed by atoms with E-state index >= 15 is 0 Å². The van der Waals surface area contributed by atoms with E-state index in [1.165, 1.54) is 0 Å². The van der Waals surface area contributed by atoms with Gasteiger partial charge in [-0.25, -0.2) is 0 Å². The topological polar surface area (TPSA) is 0 Å². The minimum Gasteiger partial charge on any atom is -0.147 e. The highest BCUT2D eigenvalue weighted by Gasteiger charge is 1.13. The molecule has 0 atom stereocenters. The second-order valence-corrected chi connectivity index (χ2v) is 0.567. The molecule has 0 bridgehead atoms. The van der Waals surface area contributed by atoms with Gasteiger partial charge in [0.15, 0.2) is 0 Å². The van der Waals surface area contributed by atoms with Crippen molar-refractivity contribution in [3.05, 3.63) is 0 Å². The summed E-state index contributed by atoms with van der Waals surface area (Å²) in [4.78, 5) is 2.06. The lowest BCUT2D eigenvalue weighted by molar-refractivity contribution is 3.22. The van der Waals surface area contributed by atoms with E-state index in [0.717, 1.165) is 0 Å². The Morgan fingerprint density at radius 1 is 1.75 bits per heavy atom. The Hall–Kier alpha value is 0.330. The minimum absolute atomic E-state index is 0. The summed E-state index contributed by atoms with van der Waals surface area (Å²) in [5, 5.41) is 0. The van der Waals surface area contributed by atoms with E-state index in [2.05, 4.69) is 27.2 Å². The van der Waals surface area contributed by atoms with Crippen molar-refractivity contribution in [2.45, 2.75) is 0 Å². The monoisotopic (exact) mass is 140 g/mol. The molecule has 0 heterocycles. The second kappa shape index (κ2) is 10.2. The molecule has 0 amide bonds. The number of halogens is 2. The Kier molecular flexibility index (Phi) is 22.6. The van der Waals surface area contributed by atoms with Crippen LogP contribution >= 0.6 is 28.3 Å². The van der Waals surface area contributed by atoms with Crippen molar-refractivity contribution in [1.29, 1.82) is 0 Å². The zero-order chi connectivity index (χ0) is 2.71. The van der Waals surface area contributed by atoms with Crippen molar-refractivity contribution in [3.63, 3.8) is 0 Å². The molecule has 0 aliphatic carbocycles. The summed E-state index contributed by atoms with van der Waals surface area (Å²) < 4.78 is 0. The van der Waals surface area contributed by atoms with Crippen LogP contribution in [0.4, 0.5) is 0 Å². The van der Waals surface area contributed by atoms with Gasteiger partial charge in [0.1, 0.15) is 0 Å². The molecule has 24 valence electrons. The van der Waals surface area contributed by atoms with Crippen LogP contribution in [0.1, 0.15) is 0 Å². The van der Waals surface area contributed by atoms with E-state index in [9.17, 15) is 0 Å². The van der Waals surface area contributed by atoms with E-state index in [4.69, 9.17) is 0 Å². The van der Waals surface area contributed by atoms with Crippen LogP contribution in [0.25, 0.3) is 0 Å². The van der Waals surface area contributed by atoms with Gasteiger partial charge in [-0.05, 0) is 4.83 Å². The zero-order valence-electron chi connectivity index (χ0n) is 1.86. The number of terminal acetylenes is 1. The molecule has 0 rings (SSSR count). The molecule has 0 nitrogen and oxygen atoms in total. The van der Waals surface area contributed by atoms with E-state index < -0.39 is 0 Å². The molecule has 0 radical (unpaired) electrons. The summed E-state index contributed by atoms with van der Waals surface area (Å²) in [6, 6.07) is 0. The van der Waals surface area contributed by atoms with Gasteiger partial charge in [-0.15, -0.1) is 18.8 Å². The lowest BCUT2D eigenvalue weighted by atomic mass is 11.4. The van der Waals surface area contributed by atoms with Gasteiger partial charge in [0.05, 0.1) is 0 Å². The highest BCUT2D eigenvalue weighted by molar-refractivity contribution is 9.12. The highest BCUT2D eigenvalue weighted by atomic mass is 79.9. The molecule has 0 unspecified atom stereocenters. The molecular weight excluding hydrogens is 139 g/mol. The van der Waals surface area contributed by atoms with E-state index in [1.807, 2.05) is 0 Å². The van der Waals surface area contributed by atoms with Crippen molar-refractivity contribution in [2.24, 2.45) is 0 Å². The van der Waals surface area contributed by atoms with Gasteiger partial charge in [0.2, 0.25) is 0 Å². The van der Waals surface area contributed by atoms with Crippen LogP contribution in [-0.2, 0) is 0 Å². The average Bonchev–Trinajstić information content (AvgIpc) is 0.918. The fraction of sp³-hybridized carbons (Fsp3) is 0. The first-order valence-electron chi connectivity index (χ1n) is 0.478. The molecule has 2 heteroatoms. The van der Waals surface area contributed by atoms with Crippen LogP contribution in [0.15, 0.2) is 0 Å². The van der Waals surface area contributed by atoms with Crippen molar-refractivity contribution in [3.8, 4) is 11.3 Å². The molecule has 0 saturated carbocycles. The fourth-order valence-corrected chi connectivity index (χ4v) is 0. The normalized spacial score (nSPS) is 2.00. The first-order valence-corrected chi connectivity index (χ1v) is 1.27. The third-order valence-electron chi connectivity index (χ3n) is 0. The van der Waals surface area contributed by atoms with Crippen LogP contribution in [0.2, 0.25) is 0 Å². The Morgan fingerprint density at radius 2 is 1.75 bits per heavy atom. The summed E-state index contributed by atoms with van der Waals surface area (Å²) in [6.07, 6.45) is 4.51. The molecule has 0 spiro atoms. The zero-order valence-corrected chi connectivity index (χ0v) is 4.27. The van der Waals surface area contributed by atoms with Gasteiger partial charge in [-0.3, -0.25) is 0 Å². The van der Waals surface area contributed by atoms with Crippen LogP contribution < -0.4 is 0 Å².